The van der Waals surface area contributed by atoms with Gasteiger partial charge in [0, 0.05) is 25.3 Å². The van der Waals surface area contributed by atoms with Gasteiger partial charge in [-0.1, -0.05) is 0 Å². The minimum absolute atomic E-state index is 0.0764. The number of nitrogens with zero attached hydrogens (tertiary/aromatic N) is 5. The van der Waals surface area contributed by atoms with Crippen LogP contribution in [0.5, 0.6) is 0 Å². The summed E-state index contributed by atoms with van der Waals surface area (Å²) in [5.74, 6) is -4.05. The van der Waals surface area contributed by atoms with Crippen LogP contribution in [-0.2, 0) is 4.79 Å². The Morgan fingerprint density at radius 1 is 1.05 bits per heavy atom. The van der Waals surface area contributed by atoms with Crippen LogP contribution in [0.1, 0.15) is 111 Å². The molecule has 0 spiro atoms. The second-order valence-electron chi connectivity index (χ2n) is 12.1. The van der Waals surface area contributed by atoms with Crippen molar-refractivity contribution in [2.75, 3.05) is 0 Å². The number of aromatic nitrogens is 5. The lowest BCUT2D eigenvalue weighted by atomic mass is 9.81. The van der Waals surface area contributed by atoms with Gasteiger partial charge >= 0.3 is 6.18 Å². The number of halogens is 5. The van der Waals surface area contributed by atoms with Crippen molar-refractivity contribution in [2.45, 2.75) is 102 Å². The van der Waals surface area contributed by atoms with E-state index in [1.54, 1.807) is 36.1 Å². The molecule has 3 aromatic rings. The quantitative estimate of drug-likeness (QED) is 0.274. The molecule has 0 aromatic carbocycles. The number of fused-ring (bicyclic) bond motifs is 1. The Hall–Kier alpha value is -3.58. The van der Waals surface area contributed by atoms with Crippen molar-refractivity contribution in [2.24, 2.45) is 11.8 Å². The Balaban J connectivity index is 1.41. The normalized spacial score (nSPS) is 19.0. The van der Waals surface area contributed by atoms with Crippen LogP contribution in [0.15, 0.2) is 24.5 Å². The number of alkyl halides is 5. The minimum Gasteiger partial charge on any atom is -0.349 e. The van der Waals surface area contributed by atoms with Crippen molar-refractivity contribution in [3.05, 3.63) is 47.2 Å². The van der Waals surface area contributed by atoms with Crippen LogP contribution in [0, 0.1) is 18.8 Å². The number of aryl methyl sites for hydroxylation is 1. The van der Waals surface area contributed by atoms with Crippen LogP contribution in [0.25, 0.3) is 5.65 Å². The number of amides is 2. The number of hydrogen-bond acceptors (Lipinski definition) is 5. The Morgan fingerprint density at radius 2 is 1.72 bits per heavy atom. The summed E-state index contributed by atoms with van der Waals surface area (Å²) in [4.78, 5) is 30.6. The van der Waals surface area contributed by atoms with Crippen LogP contribution < -0.4 is 10.6 Å². The van der Waals surface area contributed by atoms with Gasteiger partial charge in [-0.25, -0.2) is 18.3 Å². The zero-order chi connectivity index (χ0) is 31.1. The van der Waals surface area contributed by atoms with E-state index < -0.39 is 48.8 Å². The molecule has 14 heteroatoms. The smallest absolute Gasteiger partial charge is 0.349 e. The highest BCUT2D eigenvalue weighted by atomic mass is 19.4. The lowest BCUT2D eigenvalue weighted by Crippen LogP contribution is -2.38. The lowest BCUT2D eigenvalue weighted by Gasteiger charge is -2.33. The highest BCUT2D eigenvalue weighted by Crippen LogP contribution is 2.43. The van der Waals surface area contributed by atoms with Gasteiger partial charge in [-0.15, -0.1) is 0 Å². The fourth-order valence-corrected chi connectivity index (χ4v) is 5.76. The van der Waals surface area contributed by atoms with Crippen molar-refractivity contribution in [1.29, 1.82) is 0 Å². The van der Waals surface area contributed by atoms with E-state index in [2.05, 4.69) is 20.8 Å². The summed E-state index contributed by atoms with van der Waals surface area (Å²) in [6.45, 7) is 5.60. The average molecular weight is 610 g/mol. The molecule has 0 aliphatic heterocycles. The molecule has 5 rings (SSSR count). The molecule has 43 heavy (non-hydrogen) atoms. The third-order valence-corrected chi connectivity index (χ3v) is 8.18. The van der Waals surface area contributed by atoms with E-state index >= 15 is 0 Å². The fraction of sp³-hybridized carbons (Fsp3) is 0.621. The van der Waals surface area contributed by atoms with E-state index in [-0.39, 0.29) is 43.6 Å². The van der Waals surface area contributed by atoms with E-state index in [0.717, 1.165) is 12.8 Å². The first kappa shape index (κ1) is 30.9. The predicted octanol–water partition coefficient (Wildman–Crippen LogP) is 6.02. The number of carbonyl (C=O) groups excluding carboxylic acids is 2. The fourth-order valence-electron chi connectivity index (χ4n) is 5.76. The van der Waals surface area contributed by atoms with E-state index in [4.69, 9.17) is 4.98 Å². The van der Waals surface area contributed by atoms with E-state index in [1.807, 2.05) is 13.8 Å². The molecule has 0 saturated heterocycles. The summed E-state index contributed by atoms with van der Waals surface area (Å²) < 4.78 is 69.1. The van der Waals surface area contributed by atoms with Crippen molar-refractivity contribution >= 4 is 17.5 Å². The van der Waals surface area contributed by atoms with Crippen LogP contribution in [0.4, 0.5) is 22.0 Å². The maximum atomic E-state index is 14.1. The zero-order valence-electron chi connectivity index (χ0n) is 24.3. The average Bonchev–Trinajstić information content (AvgIpc) is 3.55. The van der Waals surface area contributed by atoms with Crippen molar-refractivity contribution in [3.63, 3.8) is 0 Å². The van der Waals surface area contributed by atoms with Crippen molar-refractivity contribution < 1.29 is 31.5 Å². The van der Waals surface area contributed by atoms with Crippen molar-refractivity contribution in [3.8, 4) is 0 Å². The van der Waals surface area contributed by atoms with Crippen molar-refractivity contribution in [1.82, 2.24) is 35.0 Å². The molecule has 2 atom stereocenters. The Bertz CT molecular complexity index is 1470. The van der Waals surface area contributed by atoms with Gasteiger partial charge in [-0.3, -0.25) is 14.3 Å². The number of hydrogen-bond donors (Lipinski definition) is 2. The second kappa shape index (κ2) is 11.8. The summed E-state index contributed by atoms with van der Waals surface area (Å²) in [5, 5.41) is 14.6. The number of imidazole rings is 1. The molecule has 0 radical (unpaired) electrons. The first-order chi connectivity index (χ1) is 20.2. The van der Waals surface area contributed by atoms with Gasteiger partial charge in [0.25, 0.3) is 5.91 Å². The summed E-state index contributed by atoms with van der Waals surface area (Å²) in [6.07, 6.45) is -1.64. The molecule has 3 aromatic heterocycles. The molecule has 2 N–H and O–H groups in total. The summed E-state index contributed by atoms with van der Waals surface area (Å²) in [7, 11) is 0. The highest BCUT2D eigenvalue weighted by molar-refractivity contribution is 5.93. The second-order valence-corrected chi connectivity index (χ2v) is 12.1. The third kappa shape index (κ3) is 7.50. The summed E-state index contributed by atoms with van der Waals surface area (Å²) in [5.41, 5.74) is 2.51. The molecule has 2 fully saturated rings. The Morgan fingerprint density at radius 3 is 2.35 bits per heavy atom. The maximum Gasteiger partial charge on any atom is 0.389 e. The molecule has 2 aliphatic rings. The number of carbonyl (C=O) groups is 2. The third-order valence-electron chi connectivity index (χ3n) is 8.18. The molecule has 2 aliphatic carbocycles. The van der Waals surface area contributed by atoms with Crippen LogP contribution >= 0.6 is 0 Å². The van der Waals surface area contributed by atoms with Crippen LogP contribution in [-0.4, -0.2) is 48.3 Å². The van der Waals surface area contributed by atoms with Crippen LogP contribution in [0.3, 0.4) is 0 Å². The molecular weight excluding hydrogens is 573 g/mol. The topological polar surface area (TPSA) is 106 Å². The highest BCUT2D eigenvalue weighted by Gasteiger charge is 2.40. The van der Waals surface area contributed by atoms with Gasteiger partial charge in [0.05, 0.1) is 42.3 Å². The molecule has 2 saturated carbocycles. The van der Waals surface area contributed by atoms with Gasteiger partial charge in [0.15, 0.2) is 5.65 Å². The van der Waals surface area contributed by atoms with E-state index in [0.29, 0.717) is 28.3 Å². The van der Waals surface area contributed by atoms with Gasteiger partial charge in [0.1, 0.15) is 5.69 Å². The van der Waals surface area contributed by atoms with Gasteiger partial charge in [-0.2, -0.15) is 23.4 Å². The van der Waals surface area contributed by atoms with E-state index in [9.17, 15) is 31.5 Å². The number of nitrogens with one attached hydrogen (secondary N) is 2. The van der Waals surface area contributed by atoms with E-state index in [1.165, 1.54) is 4.52 Å². The first-order valence-corrected chi connectivity index (χ1v) is 14.7. The zero-order valence-corrected chi connectivity index (χ0v) is 24.3. The standard InChI is InChI=1S/C29H36F5N7O2/c1-16(2)41-22(12-17(3)39-41)27(43)38-26(19-6-9-28(30,31)10-7-19)21-15-40-23(36-21)13-20(14-35-40)25(18-4-5-18)37-24(42)8-11-29(32,33)34/h12-16,18-19,25-26H,4-11H2,1-3H3,(H,37,42)(H,38,43)/t25?,26-/m0/s1. The Kier molecular flexibility index (Phi) is 8.50. The lowest BCUT2D eigenvalue weighted by molar-refractivity contribution is -0.144. The largest absolute Gasteiger partial charge is 0.389 e. The summed E-state index contributed by atoms with van der Waals surface area (Å²) >= 11 is 0. The molecular formula is C29H36F5N7O2. The van der Waals surface area contributed by atoms with Crippen LogP contribution in [0.2, 0.25) is 0 Å². The minimum atomic E-state index is -4.42. The molecule has 1 unspecified atom stereocenters. The molecule has 234 valence electrons. The SMILES string of the molecule is Cc1cc(C(=O)N[C@H](c2cn3ncc(C(NC(=O)CCC(F)(F)F)C4CC4)cc3n2)C2CCC(F)(F)CC2)n(C(C)C)n1. The molecule has 9 nitrogen and oxygen atoms in total. The summed E-state index contributed by atoms with van der Waals surface area (Å²) in [6, 6.07) is 2.14. The van der Waals surface area contributed by atoms with Gasteiger partial charge < -0.3 is 10.6 Å². The van der Waals surface area contributed by atoms with Gasteiger partial charge in [0.2, 0.25) is 11.8 Å². The molecule has 0 bridgehead atoms. The first-order valence-electron chi connectivity index (χ1n) is 14.7. The predicted molar refractivity (Wildman–Crippen MR) is 146 cm³/mol. The Labute approximate surface area is 245 Å². The monoisotopic (exact) mass is 609 g/mol. The van der Waals surface area contributed by atoms with Gasteiger partial charge in [-0.05, 0) is 76.0 Å². The molecule has 3 heterocycles. The maximum absolute atomic E-state index is 14.1. The number of rotatable bonds is 10. The molecule has 2 amide bonds.